The molecular weight excluding hydrogens is 210 g/mol. The van der Waals surface area contributed by atoms with Gasteiger partial charge in [-0.25, -0.2) is 4.98 Å². The highest BCUT2D eigenvalue weighted by Gasteiger charge is 2.20. The summed E-state index contributed by atoms with van der Waals surface area (Å²) in [6.45, 7) is 3.56. The van der Waals surface area contributed by atoms with E-state index in [0.717, 1.165) is 24.1 Å². The first kappa shape index (κ1) is 11.9. The first-order valence-corrected chi connectivity index (χ1v) is 6.05. The van der Waals surface area contributed by atoms with Crippen molar-refractivity contribution in [2.45, 2.75) is 32.4 Å². The van der Waals surface area contributed by atoms with Gasteiger partial charge < -0.3 is 10.2 Å². The smallest absolute Gasteiger partial charge is 0.129 e. The van der Waals surface area contributed by atoms with E-state index in [0.29, 0.717) is 6.54 Å². The standard InChI is InChI=1S/C14H19N3/c1-4-9-17(3)14-8-5-12(11(2)16-14)10-15-13-6-7-13/h1,5,8,13,15H,6-7,9-10H2,2-3H3. The number of hydrogen-bond acceptors (Lipinski definition) is 3. The molecule has 1 N–H and O–H groups in total. The SMILES string of the molecule is C#CCN(C)c1ccc(CNC2CC2)c(C)n1. The summed E-state index contributed by atoms with van der Waals surface area (Å²) in [4.78, 5) is 6.56. The second kappa shape index (κ2) is 5.20. The second-order valence-electron chi connectivity index (χ2n) is 4.63. The summed E-state index contributed by atoms with van der Waals surface area (Å²) in [5.41, 5.74) is 2.36. The number of aryl methyl sites for hydroxylation is 1. The average Bonchev–Trinajstić information content (AvgIpc) is 3.11. The van der Waals surface area contributed by atoms with Crippen LogP contribution in [0.5, 0.6) is 0 Å². The Labute approximate surface area is 103 Å². The Morgan fingerprint density at radius 2 is 2.29 bits per heavy atom. The molecule has 3 nitrogen and oxygen atoms in total. The lowest BCUT2D eigenvalue weighted by atomic mass is 10.2. The Morgan fingerprint density at radius 1 is 1.53 bits per heavy atom. The van der Waals surface area contributed by atoms with Crippen LogP contribution in [0.2, 0.25) is 0 Å². The van der Waals surface area contributed by atoms with Gasteiger partial charge in [-0.05, 0) is 31.4 Å². The van der Waals surface area contributed by atoms with E-state index in [1.165, 1.54) is 18.4 Å². The quantitative estimate of drug-likeness (QED) is 0.779. The molecule has 0 unspecified atom stereocenters. The zero-order chi connectivity index (χ0) is 12.3. The highest BCUT2D eigenvalue weighted by atomic mass is 15.2. The van der Waals surface area contributed by atoms with Gasteiger partial charge in [-0.1, -0.05) is 12.0 Å². The van der Waals surface area contributed by atoms with E-state index in [-0.39, 0.29) is 0 Å². The van der Waals surface area contributed by atoms with Crippen LogP contribution in [-0.4, -0.2) is 24.6 Å². The maximum absolute atomic E-state index is 5.29. The molecule has 2 rings (SSSR count). The van der Waals surface area contributed by atoms with Crippen LogP contribution in [0, 0.1) is 19.3 Å². The molecule has 1 aliphatic carbocycles. The number of nitrogens with zero attached hydrogens (tertiary/aromatic N) is 2. The molecule has 1 aromatic rings. The van der Waals surface area contributed by atoms with Crippen LogP contribution in [-0.2, 0) is 6.54 Å². The van der Waals surface area contributed by atoms with Gasteiger partial charge in [0.1, 0.15) is 5.82 Å². The van der Waals surface area contributed by atoms with Crippen LogP contribution < -0.4 is 10.2 Å². The Kier molecular flexibility index (Phi) is 3.65. The fourth-order valence-corrected chi connectivity index (χ4v) is 1.74. The van der Waals surface area contributed by atoms with E-state index in [2.05, 4.69) is 29.2 Å². The van der Waals surface area contributed by atoms with Crippen molar-refractivity contribution in [3.8, 4) is 12.3 Å². The lowest BCUT2D eigenvalue weighted by Crippen LogP contribution is -2.20. The summed E-state index contributed by atoms with van der Waals surface area (Å²) >= 11 is 0. The number of pyridine rings is 1. The molecule has 0 spiro atoms. The molecule has 3 heteroatoms. The van der Waals surface area contributed by atoms with Crippen molar-refractivity contribution in [2.24, 2.45) is 0 Å². The number of nitrogens with one attached hydrogen (secondary N) is 1. The molecule has 1 aliphatic rings. The van der Waals surface area contributed by atoms with E-state index in [4.69, 9.17) is 6.42 Å². The van der Waals surface area contributed by atoms with E-state index < -0.39 is 0 Å². The molecular formula is C14H19N3. The van der Waals surface area contributed by atoms with Crippen molar-refractivity contribution in [3.63, 3.8) is 0 Å². The topological polar surface area (TPSA) is 28.2 Å². The maximum atomic E-state index is 5.29. The summed E-state index contributed by atoms with van der Waals surface area (Å²) in [5, 5.41) is 3.50. The maximum Gasteiger partial charge on any atom is 0.129 e. The molecule has 1 heterocycles. The van der Waals surface area contributed by atoms with Gasteiger partial charge in [-0.2, -0.15) is 0 Å². The molecule has 1 aromatic heterocycles. The molecule has 0 aliphatic heterocycles. The third-order valence-electron chi connectivity index (χ3n) is 3.06. The summed E-state index contributed by atoms with van der Waals surface area (Å²) in [6.07, 6.45) is 7.92. The van der Waals surface area contributed by atoms with E-state index in [1.807, 2.05) is 18.0 Å². The predicted molar refractivity (Wildman–Crippen MR) is 70.9 cm³/mol. The second-order valence-corrected chi connectivity index (χ2v) is 4.63. The van der Waals surface area contributed by atoms with Gasteiger partial charge in [0.15, 0.2) is 0 Å². The monoisotopic (exact) mass is 229 g/mol. The fraction of sp³-hybridized carbons (Fsp3) is 0.500. The highest BCUT2D eigenvalue weighted by Crippen LogP contribution is 2.20. The normalized spacial score (nSPS) is 14.4. The molecule has 1 saturated carbocycles. The largest absolute Gasteiger partial charge is 0.349 e. The van der Waals surface area contributed by atoms with Crippen molar-refractivity contribution in [2.75, 3.05) is 18.5 Å². The molecule has 0 aromatic carbocycles. The third-order valence-corrected chi connectivity index (χ3v) is 3.06. The molecule has 17 heavy (non-hydrogen) atoms. The molecule has 0 atom stereocenters. The Balaban J connectivity index is 2.02. The lowest BCUT2D eigenvalue weighted by molar-refractivity contribution is 0.682. The molecule has 0 bridgehead atoms. The molecule has 0 amide bonds. The molecule has 90 valence electrons. The molecule has 1 fully saturated rings. The summed E-state index contributed by atoms with van der Waals surface area (Å²) < 4.78 is 0. The van der Waals surface area contributed by atoms with Crippen LogP contribution >= 0.6 is 0 Å². The van der Waals surface area contributed by atoms with Gasteiger partial charge in [0.2, 0.25) is 0 Å². The van der Waals surface area contributed by atoms with E-state index in [1.54, 1.807) is 0 Å². The van der Waals surface area contributed by atoms with Crippen LogP contribution in [0.15, 0.2) is 12.1 Å². The molecule has 0 radical (unpaired) electrons. The van der Waals surface area contributed by atoms with E-state index in [9.17, 15) is 0 Å². The summed E-state index contributed by atoms with van der Waals surface area (Å²) in [5.74, 6) is 3.56. The van der Waals surface area contributed by atoms with Crippen molar-refractivity contribution < 1.29 is 0 Å². The number of hydrogen-bond donors (Lipinski definition) is 1. The number of rotatable bonds is 5. The van der Waals surface area contributed by atoms with Crippen molar-refractivity contribution >= 4 is 5.82 Å². The number of terminal acetylenes is 1. The van der Waals surface area contributed by atoms with Crippen molar-refractivity contribution in [3.05, 3.63) is 23.4 Å². The Hall–Kier alpha value is -1.53. The minimum Gasteiger partial charge on any atom is -0.349 e. The van der Waals surface area contributed by atoms with Gasteiger partial charge in [0, 0.05) is 25.3 Å². The summed E-state index contributed by atoms with van der Waals surface area (Å²) in [7, 11) is 1.96. The third kappa shape index (κ3) is 3.21. The first-order chi connectivity index (χ1) is 8.20. The van der Waals surface area contributed by atoms with Crippen LogP contribution in [0.25, 0.3) is 0 Å². The lowest BCUT2D eigenvalue weighted by Gasteiger charge is -2.16. The Bertz CT molecular complexity index is 430. The fourth-order valence-electron chi connectivity index (χ4n) is 1.74. The van der Waals surface area contributed by atoms with Gasteiger partial charge in [0.25, 0.3) is 0 Å². The molecule has 0 saturated heterocycles. The van der Waals surface area contributed by atoms with Crippen molar-refractivity contribution in [1.82, 2.24) is 10.3 Å². The van der Waals surface area contributed by atoms with Gasteiger partial charge in [-0.15, -0.1) is 6.42 Å². The Morgan fingerprint density at radius 3 is 2.88 bits per heavy atom. The van der Waals surface area contributed by atoms with Crippen LogP contribution in [0.1, 0.15) is 24.1 Å². The zero-order valence-electron chi connectivity index (χ0n) is 10.5. The number of aromatic nitrogens is 1. The van der Waals surface area contributed by atoms with Crippen molar-refractivity contribution in [1.29, 1.82) is 0 Å². The van der Waals surface area contributed by atoms with Gasteiger partial charge >= 0.3 is 0 Å². The first-order valence-electron chi connectivity index (χ1n) is 6.05. The zero-order valence-corrected chi connectivity index (χ0v) is 10.5. The highest BCUT2D eigenvalue weighted by molar-refractivity contribution is 5.42. The number of anilines is 1. The average molecular weight is 229 g/mol. The van der Waals surface area contributed by atoms with Crippen LogP contribution in [0.4, 0.5) is 5.82 Å². The summed E-state index contributed by atoms with van der Waals surface area (Å²) in [6, 6.07) is 4.91. The van der Waals surface area contributed by atoms with Gasteiger partial charge in [-0.3, -0.25) is 0 Å². The van der Waals surface area contributed by atoms with Gasteiger partial charge in [0.05, 0.1) is 6.54 Å². The predicted octanol–water partition coefficient (Wildman–Crippen LogP) is 1.71. The minimum atomic E-state index is 0.589. The minimum absolute atomic E-state index is 0.589. The van der Waals surface area contributed by atoms with E-state index >= 15 is 0 Å². The van der Waals surface area contributed by atoms with Crippen LogP contribution in [0.3, 0.4) is 0 Å².